The summed E-state index contributed by atoms with van der Waals surface area (Å²) in [6.07, 6.45) is 0.797. The molecule has 2 aromatic carbocycles. The third kappa shape index (κ3) is 3.99. The Labute approximate surface area is 146 Å². The Bertz CT molecular complexity index is 810. The molecule has 0 spiro atoms. The summed E-state index contributed by atoms with van der Waals surface area (Å²) in [5.74, 6) is 0.378. The summed E-state index contributed by atoms with van der Waals surface area (Å²) in [5, 5.41) is 0. The number of hydrogen-bond donors (Lipinski definition) is 0. The Kier molecular flexibility index (Phi) is 5.03. The van der Waals surface area contributed by atoms with Gasteiger partial charge in [-0.25, -0.2) is 4.79 Å². The highest BCUT2D eigenvalue weighted by Crippen LogP contribution is 2.30. The highest BCUT2D eigenvalue weighted by molar-refractivity contribution is 5.99. The Hall–Kier alpha value is -2.82. The molecule has 0 N–H and O–H groups in total. The second kappa shape index (κ2) is 7.38. The van der Waals surface area contributed by atoms with Crippen molar-refractivity contribution in [3.8, 4) is 11.5 Å². The fourth-order valence-electron chi connectivity index (χ4n) is 2.50. The molecule has 0 aromatic heterocycles. The van der Waals surface area contributed by atoms with Crippen LogP contribution in [0, 0.1) is 13.8 Å². The molecular formula is C20H20O5. The summed E-state index contributed by atoms with van der Waals surface area (Å²) in [6, 6.07) is 10.3. The van der Waals surface area contributed by atoms with Crippen molar-refractivity contribution >= 4 is 11.8 Å². The van der Waals surface area contributed by atoms with Gasteiger partial charge < -0.3 is 14.2 Å². The standard InChI is InChI=1S/C20H20O5/c1-13-4-5-16(10-14(13)2)20(22)25-12-17(21)15-6-7-18-19(11-15)24-9-3-8-23-18/h4-7,10-11H,3,8-9,12H2,1-2H3. The van der Waals surface area contributed by atoms with Gasteiger partial charge in [-0.05, 0) is 55.3 Å². The van der Waals surface area contributed by atoms with E-state index in [9.17, 15) is 9.59 Å². The van der Waals surface area contributed by atoms with Crippen LogP contribution in [-0.4, -0.2) is 31.6 Å². The predicted molar refractivity (Wildman–Crippen MR) is 92.6 cm³/mol. The molecule has 1 aliphatic heterocycles. The molecule has 5 heteroatoms. The fourth-order valence-corrected chi connectivity index (χ4v) is 2.50. The van der Waals surface area contributed by atoms with E-state index in [0.717, 1.165) is 17.5 Å². The van der Waals surface area contributed by atoms with Crippen LogP contribution in [0.15, 0.2) is 36.4 Å². The van der Waals surface area contributed by atoms with E-state index in [1.165, 1.54) is 0 Å². The maximum Gasteiger partial charge on any atom is 0.338 e. The first-order valence-electron chi connectivity index (χ1n) is 8.22. The second-order valence-corrected chi connectivity index (χ2v) is 6.01. The zero-order valence-electron chi connectivity index (χ0n) is 14.3. The number of fused-ring (bicyclic) bond motifs is 1. The average molecular weight is 340 g/mol. The molecule has 0 bridgehead atoms. The van der Waals surface area contributed by atoms with Gasteiger partial charge in [0.25, 0.3) is 0 Å². The number of esters is 1. The third-order valence-electron chi connectivity index (χ3n) is 4.15. The van der Waals surface area contributed by atoms with Gasteiger partial charge in [-0.2, -0.15) is 0 Å². The lowest BCUT2D eigenvalue weighted by molar-refractivity contribution is 0.0474. The van der Waals surface area contributed by atoms with Crippen molar-refractivity contribution in [3.05, 3.63) is 58.7 Å². The van der Waals surface area contributed by atoms with E-state index < -0.39 is 5.97 Å². The normalized spacial score (nSPS) is 13.0. The zero-order valence-corrected chi connectivity index (χ0v) is 14.3. The zero-order chi connectivity index (χ0) is 17.8. The summed E-state index contributed by atoms with van der Waals surface area (Å²) in [7, 11) is 0. The lowest BCUT2D eigenvalue weighted by Crippen LogP contribution is -2.14. The maximum atomic E-state index is 12.3. The highest BCUT2D eigenvalue weighted by atomic mass is 16.5. The lowest BCUT2D eigenvalue weighted by Gasteiger charge is -2.09. The van der Waals surface area contributed by atoms with E-state index in [1.807, 2.05) is 19.9 Å². The first-order chi connectivity index (χ1) is 12.0. The summed E-state index contributed by atoms with van der Waals surface area (Å²) < 4.78 is 16.3. The molecular weight excluding hydrogens is 320 g/mol. The van der Waals surface area contributed by atoms with E-state index in [4.69, 9.17) is 14.2 Å². The predicted octanol–water partition coefficient (Wildman–Crippen LogP) is 3.50. The molecule has 0 fully saturated rings. The molecule has 0 aliphatic carbocycles. The minimum absolute atomic E-state index is 0.284. The molecule has 0 saturated heterocycles. The second-order valence-electron chi connectivity index (χ2n) is 6.01. The fraction of sp³-hybridized carbons (Fsp3) is 0.300. The van der Waals surface area contributed by atoms with E-state index in [0.29, 0.717) is 35.8 Å². The van der Waals surface area contributed by atoms with Crippen molar-refractivity contribution in [1.29, 1.82) is 0 Å². The van der Waals surface area contributed by atoms with Gasteiger partial charge in [0.15, 0.2) is 23.9 Å². The first-order valence-corrected chi connectivity index (χ1v) is 8.22. The van der Waals surface area contributed by atoms with Gasteiger partial charge in [-0.15, -0.1) is 0 Å². The number of hydrogen-bond acceptors (Lipinski definition) is 5. The monoisotopic (exact) mass is 340 g/mol. The van der Waals surface area contributed by atoms with Crippen molar-refractivity contribution in [2.45, 2.75) is 20.3 Å². The van der Waals surface area contributed by atoms with Crippen LogP contribution in [0.25, 0.3) is 0 Å². The molecule has 5 nitrogen and oxygen atoms in total. The van der Waals surface area contributed by atoms with Crippen molar-refractivity contribution in [2.75, 3.05) is 19.8 Å². The maximum absolute atomic E-state index is 12.3. The molecule has 0 atom stereocenters. The summed E-state index contributed by atoms with van der Waals surface area (Å²) >= 11 is 0. The van der Waals surface area contributed by atoms with Gasteiger partial charge in [-0.3, -0.25) is 4.79 Å². The Morgan fingerprint density at radius 3 is 2.40 bits per heavy atom. The van der Waals surface area contributed by atoms with Crippen molar-refractivity contribution in [1.82, 2.24) is 0 Å². The molecule has 1 aliphatic rings. The summed E-state index contributed by atoms with van der Waals surface area (Å²) in [4.78, 5) is 24.4. The topological polar surface area (TPSA) is 61.8 Å². The molecule has 0 unspecified atom stereocenters. The third-order valence-corrected chi connectivity index (χ3v) is 4.15. The number of ketones is 1. The Morgan fingerprint density at radius 2 is 1.64 bits per heavy atom. The van der Waals surface area contributed by atoms with Gasteiger partial charge >= 0.3 is 5.97 Å². The van der Waals surface area contributed by atoms with Crippen molar-refractivity contribution < 1.29 is 23.8 Å². The number of carbonyl (C=O) groups is 2. The number of carbonyl (C=O) groups excluding carboxylic acids is 2. The molecule has 1 heterocycles. The van der Waals surface area contributed by atoms with Crippen LogP contribution < -0.4 is 9.47 Å². The van der Waals surface area contributed by atoms with Crippen LogP contribution in [0.2, 0.25) is 0 Å². The molecule has 0 radical (unpaired) electrons. The van der Waals surface area contributed by atoms with E-state index in [-0.39, 0.29) is 12.4 Å². The lowest BCUT2D eigenvalue weighted by atomic mass is 10.1. The van der Waals surface area contributed by atoms with Crippen LogP contribution in [0.4, 0.5) is 0 Å². The largest absolute Gasteiger partial charge is 0.490 e. The van der Waals surface area contributed by atoms with Crippen LogP contribution >= 0.6 is 0 Å². The van der Waals surface area contributed by atoms with Crippen LogP contribution in [0.1, 0.15) is 38.3 Å². The quantitative estimate of drug-likeness (QED) is 0.630. The van der Waals surface area contributed by atoms with Gasteiger partial charge in [0.05, 0.1) is 18.8 Å². The Balaban J connectivity index is 1.65. The first kappa shape index (κ1) is 17.0. The van der Waals surface area contributed by atoms with Gasteiger partial charge in [0.2, 0.25) is 0 Å². The van der Waals surface area contributed by atoms with Crippen molar-refractivity contribution in [3.63, 3.8) is 0 Å². The minimum Gasteiger partial charge on any atom is -0.490 e. The smallest absolute Gasteiger partial charge is 0.338 e. The van der Waals surface area contributed by atoms with Crippen LogP contribution in [0.5, 0.6) is 11.5 Å². The van der Waals surface area contributed by atoms with Gasteiger partial charge in [0, 0.05) is 12.0 Å². The van der Waals surface area contributed by atoms with Gasteiger partial charge in [-0.1, -0.05) is 6.07 Å². The van der Waals surface area contributed by atoms with E-state index in [1.54, 1.807) is 30.3 Å². The van der Waals surface area contributed by atoms with Gasteiger partial charge in [0.1, 0.15) is 0 Å². The molecule has 0 amide bonds. The van der Waals surface area contributed by atoms with Crippen LogP contribution in [0.3, 0.4) is 0 Å². The summed E-state index contributed by atoms with van der Waals surface area (Å²) in [6.45, 7) is 4.72. The SMILES string of the molecule is Cc1ccc(C(=O)OCC(=O)c2ccc3c(c2)OCCCO3)cc1C. The van der Waals surface area contributed by atoms with E-state index in [2.05, 4.69) is 0 Å². The Morgan fingerprint density at radius 1 is 0.920 bits per heavy atom. The number of aryl methyl sites for hydroxylation is 2. The molecule has 3 rings (SSSR count). The molecule has 25 heavy (non-hydrogen) atoms. The van der Waals surface area contributed by atoms with Crippen LogP contribution in [-0.2, 0) is 4.74 Å². The highest BCUT2D eigenvalue weighted by Gasteiger charge is 2.16. The number of benzene rings is 2. The molecule has 130 valence electrons. The molecule has 2 aromatic rings. The minimum atomic E-state index is -0.509. The number of Topliss-reactive ketones (excluding diaryl/α,β-unsaturated/α-hetero) is 1. The number of rotatable bonds is 4. The molecule has 0 saturated carbocycles. The number of ether oxygens (including phenoxy) is 3. The average Bonchev–Trinajstić information content (AvgIpc) is 2.86. The van der Waals surface area contributed by atoms with E-state index >= 15 is 0 Å². The summed E-state index contributed by atoms with van der Waals surface area (Å²) in [5.41, 5.74) is 2.97. The van der Waals surface area contributed by atoms with Crippen molar-refractivity contribution in [2.24, 2.45) is 0 Å².